The van der Waals surface area contributed by atoms with E-state index in [0.29, 0.717) is 0 Å². The molecule has 0 nitrogen and oxygen atoms in total. The van der Waals surface area contributed by atoms with Crippen molar-refractivity contribution in [3.8, 4) is 22.3 Å². The van der Waals surface area contributed by atoms with Crippen molar-refractivity contribution in [3.05, 3.63) is 72.8 Å². The normalized spacial score (nSPS) is 10.4. The molecule has 20 heavy (non-hydrogen) atoms. The van der Waals surface area contributed by atoms with Crippen LogP contribution in [0.2, 0.25) is 0 Å². The molecule has 0 spiro atoms. The van der Waals surface area contributed by atoms with Gasteiger partial charge in [0.05, 0.1) is 0 Å². The molecule has 3 aromatic carbocycles. The van der Waals surface area contributed by atoms with E-state index in [-0.39, 0.29) is 0 Å². The molecular formula is C18H13SSe. The molecule has 97 valence electrons. The average Bonchev–Trinajstić information content (AvgIpc) is 2.52. The third-order valence-corrected chi connectivity index (χ3v) is 5.00. The van der Waals surface area contributed by atoms with Crippen LogP contribution in [0.3, 0.4) is 0 Å². The second-order valence-electron chi connectivity index (χ2n) is 4.57. The van der Waals surface area contributed by atoms with Crippen LogP contribution < -0.4 is 4.46 Å². The summed E-state index contributed by atoms with van der Waals surface area (Å²) in [7, 11) is 0. The maximum atomic E-state index is 4.71. The zero-order valence-electron chi connectivity index (χ0n) is 10.8. The van der Waals surface area contributed by atoms with Gasteiger partial charge in [-0.05, 0) is 0 Å². The fraction of sp³-hybridized carbons (Fsp3) is 0. The minimum atomic E-state index is 0.998. The summed E-state index contributed by atoms with van der Waals surface area (Å²) >= 11 is 7.88. The molecule has 0 N–H and O–H groups in total. The van der Waals surface area contributed by atoms with E-state index in [1.807, 2.05) is 24.3 Å². The fourth-order valence-corrected chi connectivity index (χ4v) is 3.21. The quantitative estimate of drug-likeness (QED) is 0.527. The molecule has 0 bridgehead atoms. The number of hydrogen-bond acceptors (Lipinski definition) is 1. The Balaban J connectivity index is 2.13. The first kappa shape index (κ1) is 13.5. The van der Waals surface area contributed by atoms with Crippen molar-refractivity contribution in [2.75, 3.05) is 0 Å². The van der Waals surface area contributed by atoms with Crippen LogP contribution in [0.25, 0.3) is 22.3 Å². The molecule has 0 aromatic heterocycles. The number of thiol groups is 1. The fourth-order valence-electron chi connectivity index (χ4n) is 2.27. The molecule has 0 atom stereocenters. The Bertz CT molecular complexity index is 657. The monoisotopic (exact) mass is 341 g/mol. The molecule has 0 saturated heterocycles. The van der Waals surface area contributed by atoms with Gasteiger partial charge in [-0.1, -0.05) is 0 Å². The zero-order valence-corrected chi connectivity index (χ0v) is 13.4. The zero-order chi connectivity index (χ0) is 13.9. The van der Waals surface area contributed by atoms with Crippen LogP contribution in [-0.2, 0) is 0 Å². The van der Waals surface area contributed by atoms with Crippen molar-refractivity contribution in [2.45, 2.75) is 4.90 Å². The number of rotatable bonds is 2. The topological polar surface area (TPSA) is 0 Å². The van der Waals surface area contributed by atoms with Crippen molar-refractivity contribution < 1.29 is 0 Å². The Morgan fingerprint density at radius 3 is 1.60 bits per heavy atom. The summed E-state index contributed by atoms with van der Waals surface area (Å²) in [4.78, 5) is 0.998. The van der Waals surface area contributed by atoms with E-state index in [0.717, 1.165) is 14.9 Å². The Hall–Kier alpha value is -1.47. The van der Waals surface area contributed by atoms with Gasteiger partial charge < -0.3 is 0 Å². The van der Waals surface area contributed by atoms with E-state index in [2.05, 4.69) is 64.5 Å². The SMILES string of the molecule is Sc1c(-c2ccccc2)ccc(-c2ccccc2)c1[Se]. The Kier molecular flexibility index (Phi) is 3.97. The van der Waals surface area contributed by atoms with Gasteiger partial charge in [-0.25, -0.2) is 0 Å². The molecule has 0 fully saturated rings. The first-order valence-corrected chi connectivity index (χ1v) is 7.71. The summed E-state index contributed by atoms with van der Waals surface area (Å²) < 4.78 is 1.10. The molecule has 0 saturated carbocycles. The molecule has 0 amide bonds. The number of benzene rings is 3. The van der Waals surface area contributed by atoms with Crippen LogP contribution in [0.15, 0.2) is 77.7 Å². The number of hydrogen-bond donors (Lipinski definition) is 1. The summed E-state index contributed by atoms with van der Waals surface area (Å²) in [5, 5.41) is 0. The van der Waals surface area contributed by atoms with Gasteiger partial charge in [-0.2, -0.15) is 0 Å². The Labute approximate surface area is 133 Å². The molecular weight excluding hydrogens is 327 g/mol. The van der Waals surface area contributed by atoms with Crippen molar-refractivity contribution >= 4 is 33.1 Å². The average molecular weight is 340 g/mol. The summed E-state index contributed by atoms with van der Waals surface area (Å²) in [6.45, 7) is 0. The van der Waals surface area contributed by atoms with Crippen molar-refractivity contribution in [1.29, 1.82) is 0 Å². The van der Waals surface area contributed by atoms with Crippen LogP contribution in [0.1, 0.15) is 0 Å². The van der Waals surface area contributed by atoms with Crippen LogP contribution in [0, 0.1) is 0 Å². The van der Waals surface area contributed by atoms with Crippen LogP contribution >= 0.6 is 12.6 Å². The van der Waals surface area contributed by atoms with Crippen LogP contribution in [0.5, 0.6) is 0 Å². The molecule has 0 heterocycles. The third-order valence-electron chi connectivity index (χ3n) is 3.30. The second-order valence-corrected chi connectivity index (χ2v) is 5.87. The Morgan fingerprint density at radius 2 is 1.05 bits per heavy atom. The molecule has 1 radical (unpaired) electrons. The molecule has 0 unspecified atom stereocenters. The molecule has 0 aliphatic carbocycles. The van der Waals surface area contributed by atoms with Gasteiger partial charge in [0, 0.05) is 0 Å². The van der Waals surface area contributed by atoms with E-state index in [4.69, 9.17) is 12.6 Å². The maximum absolute atomic E-state index is 4.71. The first-order valence-electron chi connectivity index (χ1n) is 6.41. The van der Waals surface area contributed by atoms with Gasteiger partial charge in [0.2, 0.25) is 0 Å². The van der Waals surface area contributed by atoms with E-state index in [1.165, 1.54) is 16.7 Å². The summed E-state index contributed by atoms with van der Waals surface area (Å²) in [6.07, 6.45) is 0. The molecule has 3 aromatic rings. The predicted octanol–water partition coefficient (Wildman–Crippen LogP) is 4.10. The molecule has 0 aliphatic rings. The summed E-state index contributed by atoms with van der Waals surface area (Å²) in [6, 6.07) is 25.0. The van der Waals surface area contributed by atoms with Gasteiger partial charge in [0.1, 0.15) is 0 Å². The van der Waals surface area contributed by atoms with E-state index in [1.54, 1.807) is 0 Å². The first-order chi connectivity index (χ1) is 9.77. The molecule has 0 aliphatic heterocycles. The second kappa shape index (κ2) is 5.88. The van der Waals surface area contributed by atoms with Crippen LogP contribution in [-0.4, -0.2) is 16.0 Å². The van der Waals surface area contributed by atoms with Gasteiger partial charge in [-0.15, -0.1) is 0 Å². The van der Waals surface area contributed by atoms with Gasteiger partial charge in [0.15, 0.2) is 0 Å². The Morgan fingerprint density at radius 1 is 0.600 bits per heavy atom. The van der Waals surface area contributed by atoms with E-state index >= 15 is 0 Å². The standard InChI is InChI=1S/C18H13SSe/c19-17-15(13-7-3-1-4-8-13)11-12-16(18(17)20)14-9-5-2-6-10-14/h1-12,19H. The van der Waals surface area contributed by atoms with Crippen LogP contribution in [0.4, 0.5) is 0 Å². The van der Waals surface area contributed by atoms with Gasteiger partial charge in [-0.3, -0.25) is 0 Å². The third kappa shape index (κ3) is 2.55. The van der Waals surface area contributed by atoms with Crippen molar-refractivity contribution in [2.24, 2.45) is 0 Å². The van der Waals surface area contributed by atoms with Gasteiger partial charge in [0.25, 0.3) is 0 Å². The summed E-state index contributed by atoms with van der Waals surface area (Å²) in [5.41, 5.74) is 4.74. The molecule has 3 rings (SSSR count). The predicted molar refractivity (Wildman–Crippen MR) is 90.0 cm³/mol. The van der Waals surface area contributed by atoms with Gasteiger partial charge >= 0.3 is 133 Å². The van der Waals surface area contributed by atoms with E-state index in [9.17, 15) is 0 Å². The van der Waals surface area contributed by atoms with Crippen molar-refractivity contribution in [3.63, 3.8) is 0 Å². The van der Waals surface area contributed by atoms with E-state index < -0.39 is 0 Å². The minimum absolute atomic E-state index is 0.998. The molecule has 2 heteroatoms. The summed E-state index contributed by atoms with van der Waals surface area (Å²) in [5.74, 6) is 0. The van der Waals surface area contributed by atoms with Crippen molar-refractivity contribution in [1.82, 2.24) is 0 Å².